The van der Waals surface area contributed by atoms with Crippen LogP contribution < -0.4 is 0 Å². The molecule has 0 radical (unpaired) electrons. The average molecular weight is 477 g/mol. The van der Waals surface area contributed by atoms with Crippen molar-refractivity contribution in [2.45, 2.75) is 25.1 Å². The molecular weight excluding hydrogens is 455 g/mol. The van der Waals surface area contributed by atoms with Crippen molar-refractivity contribution in [3.63, 3.8) is 0 Å². The first-order chi connectivity index (χ1) is 16.3. The molecule has 0 unspecified atom stereocenters. The number of nitriles is 1. The van der Waals surface area contributed by atoms with Crippen LogP contribution in [-0.2, 0) is 12.1 Å². The highest BCUT2D eigenvalue weighted by Gasteiger charge is 2.42. The number of likely N-dealkylation sites (N-methyl/N-ethyl adjacent to an activating group) is 1. The minimum Gasteiger partial charge on any atom is -0.381 e. The third kappa shape index (κ3) is 4.44. The van der Waals surface area contributed by atoms with Gasteiger partial charge < -0.3 is 10.0 Å². The Morgan fingerprint density at radius 3 is 2.68 bits per heavy atom. The maximum Gasteiger partial charge on any atom is 0.265 e. The molecule has 0 fully saturated rings. The van der Waals surface area contributed by atoms with Crippen molar-refractivity contribution in [3.8, 4) is 16.6 Å². The maximum atomic E-state index is 14.8. The predicted octanol–water partition coefficient (Wildman–Crippen LogP) is 3.46. The number of carbonyl (C=O) groups is 1. The summed E-state index contributed by atoms with van der Waals surface area (Å²) in [5.41, 5.74) is -0.414. The predicted molar refractivity (Wildman–Crippen MR) is 124 cm³/mol. The molecule has 0 bridgehead atoms. The van der Waals surface area contributed by atoms with Crippen LogP contribution in [0.5, 0.6) is 0 Å². The van der Waals surface area contributed by atoms with Crippen molar-refractivity contribution in [3.05, 3.63) is 89.2 Å². The zero-order chi connectivity index (χ0) is 24.3. The molecule has 0 aliphatic rings. The monoisotopic (exact) mass is 476 g/mol. The zero-order valence-corrected chi connectivity index (χ0v) is 19.3. The molecule has 1 N–H and O–H groups in total. The van der Waals surface area contributed by atoms with E-state index >= 15 is 0 Å². The van der Waals surface area contributed by atoms with Crippen molar-refractivity contribution in [1.29, 1.82) is 5.26 Å². The van der Waals surface area contributed by atoms with E-state index < -0.39 is 17.5 Å². The summed E-state index contributed by atoms with van der Waals surface area (Å²) in [6.07, 6.45) is 4.22. The van der Waals surface area contributed by atoms with Crippen LogP contribution in [0.4, 0.5) is 4.39 Å². The smallest absolute Gasteiger partial charge is 0.265 e. The van der Waals surface area contributed by atoms with Gasteiger partial charge in [0.25, 0.3) is 5.91 Å². The van der Waals surface area contributed by atoms with Crippen LogP contribution in [0, 0.1) is 17.1 Å². The SMILES string of the molecule is C[C@@H](N(C)C(=O)c1cnc(-c2ccc(C#N)cc2)s1)[C@](O)(Cn1cncn1)c1ccccc1F. The first-order valence-electron chi connectivity index (χ1n) is 10.4. The number of aromatic nitrogens is 4. The van der Waals surface area contributed by atoms with E-state index in [1.54, 1.807) is 44.3 Å². The summed E-state index contributed by atoms with van der Waals surface area (Å²) in [5.74, 6) is -0.947. The van der Waals surface area contributed by atoms with Crippen LogP contribution in [0.3, 0.4) is 0 Å². The number of aliphatic hydroxyl groups is 1. The van der Waals surface area contributed by atoms with Gasteiger partial charge in [-0.1, -0.05) is 30.3 Å². The van der Waals surface area contributed by atoms with Gasteiger partial charge in [0.15, 0.2) is 0 Å². The van der Waals surface area contributed by atoms with E-state index in [0.717, 1.165) is 5.56 Å². The quantitative estimate of drug-likeness (QED) is 0.438. The van der Waals surface area contributed by atoms with Gasteiger partial charge in [0.2, 0.25) is 0 Å². The molecule has 2 aromatic carbocycles. The molecule has 8 nitrogen and oxygen atoms in total. The Kier molecular flexibility index (Phi) is 6.49. The Bertz CT molecular complexity index is 1330. The number of thiazole rings is 1. The molecule has 0 aliphatic heterocycles. The summed E-state index contributed by atoms with van der Waals surface area (Å²) in [4.78, 5) is 23.3. The zero-order valence-electron chi connectivity index (χ0n) is 18.5. The number of hydrogen-bond acceptors (Lipinski definition) is 7. The summed E-state index contributed by atoms with van der Waals surface area (Å²) in [7, 11) is 1.56. The third-order valence-electron chi connectivity index (χ3n) is 5.78. The lowest BCUT2D eigenvalue weighted by Crippen LogP contribution is -2.52. The standard InChI is InChI=1S/C24H21FN6O2S/c1-16(24(33,13-31-15-27-14-29-31)19-5-3-4-6-20(19)25)30(2)23(32)21-12-28-22(34-21)18-9-7-17(11-26)8-10-18/h3-10,12,14-16,33H,13H2,1-2H3/t16-,24-/m1/s1. The van der Waals surface area contributed by atoms with Gasteiger partial charge >= 0.3 is 0 Å². The molecule has 1 amide bonds. The lowest BCUT2D eigenvalue weighted by molar-refractivity contribution is -0.0498. The summed E-state index contributed by atoms with van der Waals surface area (Å²) in [6, 6.07) is 14.1. The van der Waals surface area contributed by atoms with Crippen molar-refractivity contribution < 1.29 is 14.3 Å². The Morgan fingerprint density at radius 1 is 1.29 bits per heavy atom. The molecule has 4 rings (SSSR count). The van der Waals surface area contributed by atoms with Gasteiger partial charge in [-0.3, -0.25) is 4.79 Å². The number of nitrogens with zero attached hydrogens (tertiary/aromatic N) is 6. The largest absolute Gasteiger partial charge is 0.381 e. The van der Waals surface area contributed by atoms with Crippen LogP contribution in [0.1, 0.15) is 27.7 Å². The molecule has 2 heterocycles. The van der Waals surface area contributed by atoms with E-state index in [4.69, 9.17) is 5.26 Å². The number of amides is 1. The van der Waals surface area contributed by atoms with E-state index in [1.165, 1.54) is 58.0 Å². The first kappa shape index (κ1) is 23.2. The second kappa shape index (κ2) is 9.51. The highest BCUT2D eigenvalue weighted by Crippen LogP contribution is 2.33. The van der Waals surface area contributed by atoms with Gasteiger partial charge in [0, 0.05) is 18.2 Å². The lowest BCUT2D eigenvalue weighted by Gasteiger charge is -2.39. The van der Waals surface area contributed by atoms with Gasteiger partial charge in [-0.2, -0.15) is 10.4 Å². The van der Waals surface area contributed by atoms with Gasteiger partial charge in [0.05, 0.1) is 30.4 Å². The Hall–Kier alpha value is -3.94. The Balaban J connectivity index is 1.63. The van der Waals surface area contributed by atoms with Crippen molar-refractivity contribution in [2.75, 3.05) is 7.05 Å². The Morgan fingerprint density at radius 2 is 2.03 bits per heavy atom. The van der Waals surface area contributed by atoms with Crippen molar-refractivity contribution >= 4 is 17.2 Å². The van der Waals surface area contributed by atoms with E-state index in [1.807, 2.05) is 0 Å². The molecule has 0 saturated carbocycles. The van der Waals surface area contributed by atoms with E-state index in [-0.39, 0.29) is 18.0 Å². The first-order valence-corrected chi connectivity index (χ1v) is 11.2. The minimum absolute atomic E-state index is 0.0558. The second-order valence-corrected chi connectivity index (χ2v) is 8.84. The summed E-state index contributed by atoms with van der Waals surface area (Å²) < 4.78 is 16.2. The molecule has 172 valence electrons. The van der Waals surface area contributed by atoms with E-state index in [9.17, 15) is 14.3 Å². The Labute approximate surface area is 199 Å². The van der Waals surface area contributed by atoms with Crippen LogP contribution >= 0.6 is 11.3 Å². The molecule has 4 aromatic rings. The number of halogens is 1. The molecule has 10 heteroatoms. The highest BCUT2D eigenvalue weighted by molar-refractivity contribution is 7.16. The summed E-state index contributed by atoms with van der Waals surface area (Å²) in [5, 5.41) is 25.4. The fourth-order valence-electron chi connectivity index (χ4n) is 3.68. The summed E-state index contributed by atoms with van der Waals surface area (Å²) >= 11 is 1.20. The molecule has 0 saturated heterocycles. The fourth-order valence-corrected chi connectivity index (χ4v) is 4.58. The lowest BCUT2D eigenvalue weighted by atomic mass is 9.85. The topological polar surface area (TPSA) is 108 Å². The maximum absolute atomic E-state index is 14.8. The molecule has 34 heavy (non-hydrogen) atoms. The molecule has 0 spiro atoms. The highest BCUT2D eigenvalue weighted by atomic mass is 32.1. The third-order valence-corrected chi connectivity index (χ3v) is 6.81. The molecule has 0 aliphatic carbocycles. The number of benzene rings is 2. The number of rotatable bonds is 7. The van der Waals surface area contributed by atoms with E-state index in [2.05, 4.69) is 21.1 Å². The minimum atomic E-state index is -1.79. The van der Waals surface area contributed by atoms with Crippen LogP contribution in [-0.4, -0.2) is 48.8 Å². The van der Waals surface area contributed by atoms with E-state index in [0.29, 0.717) is 15.4 Å². The van der Waals surface area contributed by atoms with Gasteiger partial charge in [-0.05, 0) is 25.1 Å². The van der Waals surface area contributed by atoms with Crippen molar-refractivity contribution in [2.24, 2.45) is 0 Å². The molecular formula is C24H21FN6O2S. The average Bonchev–Trinajstić information content (AvgIpc) is 3.55. The van der Waals surface area contributed by atoms with Crippen molar-refractivity contribution in [1.82, 2.24) is 24.6 Å². The van der Waals surface area contributed by atoms with Gasteiger partial charge in [-0.25, -0.2) is 19.0 Å². The van der Waals surface area contributed by atoms with Crippen LogP contribution in [0.25, 0.3) is 10.6 Å². The van der Waals surface area contributed by atoms with Gasteiger partial charge in [0.1, 0.15) is 34.0 Å². The molecule has 2 atom stereocenters. The summed E-state index contributed by atoms with van der Waals surface area (Å²) in [6.45, 7) is 1.55. The van der Waals surface area contributed by atoms with Crippen LogP contribution in [0.2, 0.25) is 0 Å². The number of carbonyl (C=O) groups excluding carboxylic acids is 1. The number of hydrogen-bond donors (Lipinski definition) is 1. The van der Waals surface area contributed by atoms with Gasteiger partial charge in [-0.15, -0.1) is 11.3 Å². The van der Waals surface area contributed by atoms with Crippen LogP contribution in [0.15, 0.2) is 67.4 Å². The normalized spacial score (nSPS) is 13.6. The molecule has 2 aromatic heterocycles. The fraction of sp³-hybridized carbons (Fsp3) is 0.208. The second-order valence-electron chi connectivity index (χ2n) is 7.81.